The topological polar surface area (TPSA) is 65.5 Å². The molecule has 2 heterocycles. The molecule has 1 aliphatic heterocycles. The first-order valence-electron chi connectivity index (χ1n) is 15.0. The first-order valence-corrected chi connectivity index (χ1v) is 16.8. The van der Waals surface area contributed by atoms with Crippen LogP contribution in [-0.4, -0.2) is 58.7 Å². The van der Waals surface area contributed by atoms with Gasteiger partial charge in [-0.3, -0.25) is 9.59 Å². The van der Waals surface area contributed by atoms with Crippen molar-refractivity contribution in [1.29, 1.82) is 0 Å². The molecule has 0 bridgehead atoms. The predicted molar refractivity (Wildman–Crippen MR) is 180 cm³/mol. The van der Waals surface area contributed by atoms with Crippen molar-refractivity contribution in [3.05, 3.63) is 93.3 Å². The van der Waals surface area contributed by atoms with E-state index in [1.165, 1.54) is 5.56 Å². The monoisotopic (exact) mass is 618 g/mol. The Hall–Kier alpha value is -2.94. The molecule has 230 valence electrons. The van der Waals surface area contributed by atoms with Crippen molar-refractivity contribution in [3.63, 3.8) is 0 Å². The van der Waals surface area contributed by atoms with E-state index in [9.17, 15) is 9.59 Å². The number of allylic oxidation sites excluding steroid dienone is 1. The Balaban J connectivity index is 1.32. The Kier molecular flexibility index (Phi) is 10.9. The molecule has 1 aliphatic rings. The summed E-state index contributed by atoms with van der Waals surface area (Å²) in [5.74, 6) is 0.926. The number of piperazine rings is 1. The number of rotatable bonds is 11. The largest absolute Gasteiger partial charge is 0.372 e. The van der Waals surface area contributed by atoms with E-state index in [0.717, 1.165) is 62.6 Å². The van der Waals surface area contributed by atoms with E-state index in [0.29, 0.717) is 31.1 Å². The number of carbonyl (C=O) groups is 2. The lowest BCUT2D eigenvalue weighted by molar-refractivity contribution is 0.0669. The molecule has 1 atom stereocenters. The molecule has 3 aromatic rings. The molecule has 8 heteroatoms. The van der Waals surface area contributed by atoms with Crippen LogP contribution in [0.2, 0.25) is 0 Å². The standard InChI is InChI=1S/C35H46N4O2S2/c1-23(2)38-13-15-39(16-14-38)34(41)30-18-28(17-24(3)25(30)4)22-42-33-21-37-32(43-33)19-31(40)29-11-9-27(10-12-29)20-36-26(5)35(6,7)8/h9-12,17-18,21,26,36H,1,13-16,19-20,22H2,2-8H3. The number of carbonyl (C=O) groups excluding carboxylic acids is 2. The normalized spacial score (nSPS) is 14.6. The third-order valence-corrected chi connectivity index (χ3v) is 10.7. The molecule has 0 saturated carbocycles. The number of ketones is 1. The molecule has 1 aromatic heterocycles. The van der Waals surface area contributed by atoms with Gasteiger partial charge in [0.25, 0.3) is 5.91 Å². The first kappa shape index (κ1) is 33.0. The smallest absolute Gasteiger partial charge is 0.254 e. The lowest BCUT2D eigenvalue weighted by Crippen LogP contribution is -2.48. The van der Waals surface area contributed by atoms with E-state index < -0.39 is 0 Å². The molecule has 1 N–H and O–H groups in total. The Morgan fingerprint density at radius 3 is 2.33 bits per heavy atom. The summed E-state index contributed by atoms with van der Waals surface area (Å²) in [6.45, 7) is 22.9. The van der Waals surface area contributed by atoms with Crippen molar-refractivity contribution in [2.75, 3.05) is 26.2 Å². The van der Waals surface area contributed by atoms with Gasteiger partial charge in [0.05, 0.1) is 16.8 Å². The van der Waals surface area contributed by atoms with Crippen molar-refractivity contribution in [3.8, 4) is 0 Å². The van der Waals surface area contributed by atoms with Gasteiger partial charge in [0, 0.05) is 61.3 Å². The molecule has 0 aliphatic carbocycles. The van der Waals surface area contributed by atoms with Crippen LogP contribution in [0.25, 0.3) is 0 Å². The van der Waals surface area contributed by atoms with Crippen LogP contribution in [0, 0.1) is 19.3 Å². The van der Waals surface area contributed by atoms with Gasteiger partial charge in [-0.05, 0) is 61.4 Å². The third-order valence-electron chi connectivity index (χ3n) is 8.48. The minimum Gasteiger partial charge on any atom is -0.372 e. The fourth-order valence-corrected chi connectivity index (χ4v) is 6.87. The number of thiazole rings is 1. The molecular weight excluding hydrogens is 573 g/mol. The molecule has 4 rings (SSSR count). The molecule has 1 fully saturated rings. The number of amides is 1. The number of hydrogen-bond acceptors (Lipinski definition) is 7. The van der Waals surface area contributed by atoms with Crippen LogP contribution < -0.4 is 5.32 Å². The summed E-state index contributed by atoms with van der Waals surface area (Å²) in [5.41, 5.74) is 7.22. The molecule has 1 amide bonds. The Morgan fingerprint density at radius 1 is 1.05 bits per heavy atom. The highest BCUT2D eigenvalue weighted by atomic mass is 32.2. The number of aromatic nitrogens is 1. The van der Waals surface area contributed by atoms with Crippen molar-refractivity contribution in [2.45, 2.75) is 77.4 Å². The second kappa shape index (κ2) is 14.2. The number of benzene rings is 2. The molecule has 2 aromatic carbocycles. The maximum atomic E-state index is 13.4. The highest BCUT2D eigenvalue weighted by Gasteiger charge is 2.24. The van der Waals surface area contributed by atoms with Gasteiger partial charge < -0.3 is 15.1 Å². The minimum absolute atomic E-state index is 0.0786. The van der Waals surface area contributed by atoms with Gasteiger partial charge in [-0.2, -0.15) is 0 Å². The molecule has 43 heavy (non-hydrogen) atoms. The third kappa shape index (κ3) is 8.80. The van der Waals surface area contributed by atoms with Crippen molar-refractivity contribution < 1.29 is 9.59 Å². The molecule has 0 spiro atoms. The number of Topliss-reactive ketones (excluding diaryl/α,β-unsaturated/α-hetero) is 1. The summed E-state index contributed by atoms with van der Waals surface area (Å²) < 4.78 is 1.07. The summed E-state index contributed by atoms with van der Waals surface area (Å²) >= 11 is 3.27. The van der Waals surface area contributed by atoms with Gasteiger partial charge in [0.15, 0.2) is 5.78 Å². The van der Waals surface area contributed by atoms with Crippen molar-refractivity contribution in [1.82, 2.24) is 20.1 Å². The minimum atomic E-state index is 0.0786. The van der Waals surface area contributed by atoms with E-state index in [4.69, 9.17) is 0 Å². The fraction of sp³-hybridized carbons (Fsp3) is 0.457. The lowest BCUT2D eigenvalue weighted by Gasteiger charge is -2.36. The number of nitrogens with zero attached hydrogens (tertiary/aromatic N) is 3. The maximum absolute atomic E-state index is 13.4. The van der Waals surface area contributed by atoms with Gasteiger partial charge >= 0.3 is 0 Å². The molecule has 1 saturated heterocycles. The second-order valence-electron chi connectivity index (χ2n) is 12.7. The Bertz CT molecular complexity index is 1450. The number of nitrogens with one attached hydrogen (secondary N) is 1. The van der Waals surface area contributed by atoms with Gasteiger partial charge in [-0.1, -0.05) is 57.7 Å². The van der Waals surface area contributed by atoms with E-state index in [1.54, 1.807) is 23.1 Å². The molecule has 0 radical (unpaired) electrons. The van der Waals surface area contributed by atoms with Crippen LogP contribution >= 0.6 is 23.1 Å². The Morgan fingerprint density at radius 2 is 1.70 bits per heavy atom. The first-order chi connectivity index (χ1) is 20.3. The number of hydrogen-bond donors (Lipinski definition) is 1. The van der Waals surface area contributed by atoms with Crippen LogP contribution in [0.3, 0.4) is 0 Å². The van der Waals surface area contributed by atoms with Crippen molar-refractivity contribution >= 4 is 34.8 Å². The zero-order chi connectivity index (χ0) is 31.3. The summed E-state index contributed by atoms with van der Waals surface area (Å²) in [4.78, 5) is 35.1. The number of thioether (sulfide) groups is 1. The number of aryl methyl sites for hydroxylation is 1. The summed E-state index contributed by atoms with van der Waals surface area (Å²) in [6.07, 6.45) is 2.15. The van der Waals surface area contributed by atoms with Crippen LogP contribution in [0.4, 0.5) is 0 Å². The van der Waals surface area contributed by atoms with E-state index in [2.05, 4.69) is 68.5 Å². The highest BCUT2D eigenvalue weighted by Crippen LogP contribution is 2.31. The van der Waals surface area contributed by atoms with E-state index >= 15 is 0 Å². The fourth-order valence-electron chi connectivity index (χ4n) is 4.92. The molecule has 6 nitrogen and oxygen atoms in total. The molecular formula is C35H46N4O2S2. The highest BCUT2D eigenvalue weighted by molar-refractivity contribution is 8.00. The van der Waals surface area contributed by atoms with Gasteiger partial charge in [0.1, 0.15) is 5.01 Å². The van der Waals surface area contributed by atoms with Crippen LogP contribution in [0.1, 0.15) is 82.6 Å². The van der Waals surface area contributed by atoms with Crippen LogP contribution in [0.15, 0.2) is 59.1 Å². The van der Waals surface area contributed by atoms with Gasteiger partial charge in [-0.15, -0.1) is 23.1 Å². The predicted octanol–water partition coefficient (Wildman–Crippen LogP) is 7.29. The lowest BCUT2D eigenvalue weighted by atomic mass is 9.88. The quantitative estimate of drug-likeness (QED) is 0.180. The van der Waals surface area contributed by atoms with Crippen LogP contribution in [-0.2, 0) is 18.7 Å². The van der Waals surface area contributed by atoms with E-state index in [1.807, 2.05) is 49.2 Å². The van der Waals surface area contributed by atoms with Gasteiger partial charge in [0.2, 0.25) is 0 Å². The molecule has 1 unspecified atom stereocenters. The average Bonchev–Trinajstić information content (AvgIpc) is 3.42. The summed E-state index contributed by atoms with van der Waals surface area (Å²) in [6, 6.07) is 12.5. The SMILES string of the molecule is C=C(C)N1CCN(C(=O)c2cc(CSc3cnc(CC(=O)c4ccc(CNC(C)C(C)(C)C)cc4)s3)cc(C)c2C)CC1. The zero-order valence-corrected chi connectivity index (χ0v) is 28.4. The van der Waals surface area contributed by atoms with Crippen LogP contribution in [0.5, 0.6) is 0 Å². The maximum Gasteiger partial charge on any atom is 0.254 e. The van der Waals surface area contributed by atoms with Gasteiger partial charge in [-0.25, -0.2) is 4.98 Å². The summed E-state index contributed by atoms with van der Waals surface area (Å²) in [5, 5.41) is 4.39. The summed E-state index contributed by atoms with van der Waals surface area (Å²) in [7, 11) is 0. The second-order valence-corrected chi connectivity index (χ2v) is 15.1. The van der Waals surface area contributed by atoms with Crippen molar-refractivity contribution in [2.24, 2.45) is 5.41 Å². The average molecular weight is 619 g/mol. The Labute approximate surface area is 266 Å². The zero-order valence-electron chi connectivity index (χ0n) is 26.8. The van der Waals surface area contributed by atoms with E-state index in [-0.39, 0.29) is 17.1 Å².